The Morgan fingerprint density at radius 1 is 1.40 bits per heavy atom. The average Bonchev–Trinajstić information content (AvgIpc) is 2.42. The molecule has 0 aliphatic carbocycles. The molecule has 1 rings (SSSR count). The van der Waals surface area contributed by atoms with E-state index >= 15 is 0 Å². The molecule has 0 fully saturated rings. The number of rotatable bonds is 6. The average molecular weight is 299 g/mol. The van der Waals surface area contributed by atoms with E-state index < -0.39 is 9.84 Å². The van der Waals surface area contributed by atoms with Gasteiger partial charge in [-0.05, 0) is 18.6 Å². The monoisotopic (exact) mass is 299 g/mol. The fourth-order valence-electron chi connectivity index (χ4n) is 1.65. The molecule has 1 heterocycles. The number of nitrogens with zero attached hydrogens (tertiary/aromatic N) is 2. The van der Waals surface area contributed by atoms with Gasteiger partial charge < -0.3 is 10.2 Å². The quantitative estimate of drug-likeness (QED) is 0.840. The summed E-state index contributed by atoms with van der Waals surface area (Å²) in [5, 5.41) is 2.91. The molecule has 1 aromatic heterocycles. The molecule has 7 heteroatoms. The molecule has 0 aliphatic rings. The molecule has 1 amide bonds. The molecule has 0 unspecified atom stereocenters. The van der Waals surface area contributed by atoms with Gasteiger partial charge in [0.25, 0.3) is 5.91 Å². The fourth-order valence-corrected chi connectivity index (χ4v) is 2.25. The molecule has 0 aliphatic heterocycles. The zero-order valence-corrected chi connectivity index (χ0v) is 13.1. The van der Waals surface area contributed by atoms with Crippen molar-refractivity contribution in [3.63, 3.8) is 0 Å². The van der Waals surface area contributed by atoms with E-state index in [9.17, 15) is 13.2 Å². The van der Waals surface area contributed by atoms with Gasteiger partial charge in [-0.25, -0.2) is 13.4 Å². The summed E-state index contributed by atoms with van der Waals surface area (Å²) in [5.41, 5.74) is 1.33. The lowest BCUT2D eigenvalue weighted by Gasteiger charge is -2.17. The van der Waals surface area contributed by atoms with Crippen LogP contribution in [-0.2, 0) is 16.3 Å². The first kappa shape index (κ1) is 16.4. The molecule has 112 valence electrons. The summed E-state index contributed by atoms with van der Waals surface area (Å²) >= 11 is 0. The maximum absolute atomic E-state index is 12.3. The van der Waals surface area contributed by atoms with E-state index in [1.807, 2.05) is 6.92 Å². The van der Waals surface area contributed by atoms with E-state index in [2.05, 4.69) is 10.3 Å². The molecule has 1 N–H and O–H groups in total. The lowest BCUT2D eigenvalue weighted by Crippen LogP contribution is -2.31. The van der Waals surface area contributed by atoms with Crippen molar-refractivity contribution >= 4 is 21.6 Å². The maximum Gasteiger partial charge on any atom is 0.253 e. The molecule has 0 bridgehead atoms. The number of carbonyl (C=O) groups is 1. The Bertz CT molecular complexity index is 562. The van der Waals surface area contributed by atoms with Crippen LogP contribution in [0.4, 0.5) is 5.82 Å². The predicted molar refractivity (Wildman–Crippen MR) is 79.8 cm³/mol. The van der Waals surface area contributed by atoms with Gasteiger partial charge >= 0.3 is 0 Å². The lowest BCUT2D eigenvalue weighted by atomic mass is 10.1. The van der Waals surface area contributed by atoms with Crippen LogP contribution in [0.3, 0.4) is 0 Å². The number of amides is 1. The number of carbonyl (C=O) groups excluding carboxylic acids is 1. The van der Waals surface area contributed by atoms with E-state index in [4.69, 9.17) is 0 Å². The summed E-state index contributed by atoms with van der Waals surface area (Å²) in [6.07, 6.45) is 1.88. The van der Waals surface area contributed by atoms with Crippen molar-refractivity contribution in [2.75, 3.05) is 38.0 Å². The van der Waals surface area contributed by atoms with E-state index in [0.29, 0.717) is 11.4 Å². The fraction of sp³-hybridized carbons (Fsp3) is 0.538. The van der Waals surface area contributed by atoms with Crippen LogP contribution in [0.5, 0.6) is 0 Å². The number of pyridine rings is 1. The summed E-state index contributed by atoms with van der Waals surface area (Å²) in [4.78, 5) is 18.0. The highest BCUT2D eigenvalue weighted by Crippen LogP contribution is 2.12. The SMILES string of the molecule is CCc1cc(C(=O)N(C)CCS(C)(=O)=O)cc(NC)n1. The van der Waals surface area contributed by atoms with E-state index in [1.165, 1.54) is 4.90 Å². The Morgan fingerprint density at radius 3 is 2.55 bits per heavy atom. The number of hydrogen-bond donors (Lipinski definition) is 1. The summed E-state index contributed by atoms with van der Waals surface area (Å²) in [5.74, 6) is 0.381. The Hall–Kier alpha value is -1.63. The highest BCUT2D eigenvalue weighted by Gasteiger charge is 2.15. The molecule has 0 atom stereocenters. The normalized spacial score (nSPS) is 11.2. The highest BCUT2D eigenvalue weighted by atomic mass is 32.2. The van der Waals surface area contributed by atoms with Crippen LogP contribution in [0.2, 0.25) is 0 Å². The van der Waals surface area contributed by atoms with Crippen molar-refractivity contribution in [3.8, 4) is 0 Å². The smallest absolute Gasteiger partial charge is 0.253 e. The van der Waals surface area contributed by atoms with Crippen LogP contribution in [0, 0.1) is 0 Å². The Balaban J connectivity index is 2.90. The topological polar surface area (TPSA) is 79.4 Å². The van der Waals surface area contributed by atoms with Gasteiger partial charge in [0.1, 0.15) is 15.7 Å². The number of hydrogen-bond acceptors (Lipinski definition) is 5. The standard InChI is InChI=1S/C13H21N3O3S/c1-5-11-8-10(9-12(14-2)15-11)13(17)16(3)6-7-20(4,18)19/h8-9H,5-7H2,1-4H3,(H,14,15). The first-order valence-electron chi connectivity index (χ1n) is 6.38. The highest BCUT2D eigenvalue weighted by molar-refractivity contribution is 7.90. The van der Waals surface area contributed by atoms with Crippen LogP contribution in [0.25, 0.3) is 0 Å². The number of aryl methyl sites for hydroxylation is 1. The minimum absolute atomic E-state index is 0.0418. The maximum atomic E-state index is 12.3. The van der Waals surface area contributed by atoms with E-state index in [0.717, 1.165) is 18.4 Å². The van der Waals surface area contributed by atoms with Gasteiger partial charge in [-0.15, -0.1) is 0 Å². The van der Waals surface area contributed by atoms with Gasteiger partial charge in [0.2, 0.25) is 0 Å². The second kappa shape index (κ2) is 6.69. The van der Waals surface area contributed by atoms with Gasteiger partial charge in [0.05, 0.1) is 5.75 Å². The summed E-state index contributed by atoms with van der Waals surface area (Å²) in [6.45, 7) is 2.14. The minimum Gasteiger partial charge on any atom is -0.373 e. The number of sulfone groups is 1. The van der Waals surface area contributed by atoms with E-state index in [1.54, 1.807) is 26.2 Å². The summed E-state index contributed by atoms with van der Waals surface area (Å²) in [6, 6.07) is 3.40. The van der Waals surface area contributed by atoms with Crippen LogP contribution >= 0.6 is 0 Å². The Labute approximate surface area is 120 Å². The summed E-state index contributed by atoms with van der Waals surface area (Å²) in [7, 11) is 0.256. The second-order valence-electron chi connectivity index (χ2n) is 4.69. The first-order valence-corrected chi connectivity index (χ1v) is 8.44. The summed E-state index contributed by atoms with van der Waals surface area (Å²) < 4.78 is 22.3. The molecule has 0 radical (unpaired) electrons. The molecule has 0 saturated heterocycles. The zero-order valence-electron chi connectivity index (χ0n) is 12.3. The zero-order chi connectivity index (χ0) is 15.3. The largest absolute Gasteiger partial charge is 0.373 e. The number of nitrogens with one attached hydrogen (secondary N) is 1. The molecular formula is C13H21N3O3S. The van der Waals surface area contributed by atoms with Crippen molar-refractivity contribution in [3.05, 3.63) is 23.4 Å². The van der Waals surface area contributed by atoms with Crippen molar-refractivity contribution in [2.24, 2.45) is 0 Å². The molecule has 0 saturated carbocycles. The first-order chi connectivity index (χ1) is 9.26. The van der Waals surface area contributed by atoms with Gasteiger partial charge in [-0.1, -0.05) is 6.92 Å². The van der Waals surface area contributed by atoms with Gasteiger partial charge in [0, 0.05) is 38.2 Å². The van der Waals surface area contributed by atoms with Gasteiger partial charge in [-0.2, -0.15) is 0 Å². The van der Waals surface area contributed by atoms with Crippen LogP contribution in [0.15, 0.2) is 12.1 Å². The number of aromatic nitrogens is 1. The molecule has 0 spiro atoms. The van der Waals surface area contributed by atoms with Crippen LogP contribution < -0.4 is 5.32 Å². The molecule has 1 aromatic rings. The van der Waals surface area contributed by atoms with Crippen molar-refractivity contribution < 1.29 is 13.2 Å². The van der Waals surface area contributed by atoms with Crippen LogP contribution in [0.1, 0.15) is 23.0 Å². The number of anilines is 1. The lowest BCUT2D eigenvalue weighted by molar-refractivity contribution is 0.0803. The minimum atomic E-state index is -3.08. The Kier molecular flexibility index (Phi) is 5.50. The van der Waals surface area contributed by atoms with Crippen molar-refractivity contribution in [2.45, 2.75) is 13.3 Å². The third-order valence-electron chi connectivity index (χ3n) is 2.89. The molecule has 0 aromatic carbocycles. The third kappa shape index (κ3) is 4.80. The molecule has 6 nitrogen and oxygen atoms in total. The van der Waals surface area contributed by atoms with Gasteiger partial charge in [0.15, 0.2) is 0 Å². The van der Waals surface area contributed by atoms with Crippen LogP contribution in [-0.4, -0.2) is 56.9 Å². The Morgan fingerprint density at radius 2 is 2.05 bits per heavy atom. The van der Waals surface area contributed by atoms with E-state index in [-0.39, 0.29) is 18.2 Å². The molecular weight excluding hydrogens is 278 g/mol. The van der Waals surface area contributed by atoms with Crippen molar-refractivity contribution in [1.29, 1.82) is 0 Å². The third-order valence-corrected chi connectivity index (χ3v) is 3.81. The van der Waals surface area contributed by atoms with Crippen molar-refractivity contribution in [1.82, 2.24) is 9.88 Å². The predicted octanol–water partition coefficient (Wildman–Crippen LogP) is 0.802. The second-order valence-corrected chi connectivity index (χ2v) is 6.95. The molecule has 20 heavy (non-hydrogen) atoms. The van der Waals surface area contributed by atoms with Gasteiger partial charge in [-0.3, -0.25) is 4.79 Å².